The summed E-state index contributed by atoms with van der Waals surface area (Å²) >= 11 is 5.55. The van der Waals surface area contributed by atoms with E-state index in [0.717, 1.165) is 0 Å². The molecule has 0 bridgehead atoms. The van der Waals surface area contributed by atoms with Gasteiger partial charge in [-0.1, -0.05) is 0 Å². The first-order valence-electron chi connectivity index (χ1n) is 4.41. The molecule has 0 aliphatic rings. The lowest BCUT2D eigenvalue weighted by Crippen LogP contribution is -2.33. The van der Waals surface area contributed by atoms with Crippen molar-refractivity contribution in [3.63, 3.8) is 0 Å². The van der Waals surface area contributed by atoms with Crippen molar-refractivity contribution < 1.29 is 8.42 Å². The fourth-order valence-corrected chi connectivity index (χ4v) is 1.72. The van der Waals surface area contributed by atoms with Gasteiger partial charge in [0.2, 0.25) is 0 Å². The van der Waals surface area contributed by atoms with Crippen molar-refractivity contribution in [3.05, 3.63) is 0 Å². The molecule has 0 aromatic carbocycles. The molecule has 3 nitrogen and oxygen atoms in total. The average Bonchev–Trinajstić information content (AvgIpc) is 2.03. The molecule has 0 spiro atoms. The summed E-state index contributed by atoms with van der Waals surface area (Å²) in [5.41, 5.74) is 0. The van der Waals surface area contributed by atoms with Gasteiger partial charge in [-0.15, -0.1) is 11.6 Å². The van der Waals surface area contributed by atoms with Crippen molar-refractivity contribution in [2.75, 3.05) is 18.2 Å². The molecular weight excluding hydrogens is 210 g/mol. The van der Waals surface area contributed by atoms with Crippen LogP contribution in [0.5, 0.6) is 0 Å². The molecule has 0 heterocycles. The average molecular weight is 228 g/mol. The van der Waals surface area contributed by atoms with Crippen LogP contribution in [0.3, 0.4) is 0 Å². The van der Waals surface area contributed by atoms with Crippen LogP contribution in [0.15, 0.2) is 0 Å². The number of sulfone groups is 1. The lowest BCUT2D eigenvalue weighted by Gasteiger charge is -2.11. The first-order valence-corrected chi connectivity index (χ1v) is 6.66. The van der Waals surface area contributed by atoms with E-state index in [1.807, 2.05) is 6.92 Å². The predicted octanol–water partition coefficient (Wildman–Crippen LogP) is 1.03. The van der Waals surface area contributed by atoms with Crippen LogP contribution >= 0.6 is 11.6 Å². The highest BCUT2D eigenvalue weighted by Gasteiger charge is 2.15. The summed E-state index contributed by atoms with van der Waals surface area (Å²) in [4.78, 5) is 0. The van der Waals surface area contributed by atoms with Crippen LogP contribution in [0.25, 0.3) is 0 Å². The Morgan fingerprint density at radius 1 is 1.31 bits per heavy atom. The number of hydrogen-bond acceptors (Lipinski definition) is 3. The summed E-state index contributed by atoms with van der Waals surface area (Å²) in [6, 6.07) is 0.170. The van der Waals surface area contributed by atoms with Crippen LogP contribution in [0.2, 0.25) is 0 Å². The smallest absolute Gasteiger partial charge is 0.153 e. The van der Waals surface area contributed by atoms with Crippen LogP contribution in [0, 0.1) is 0 Å². The lowest BCUT2D eigenvalue weighted by atomic mass is 10.4. The van der Waals surface area contributed by atoms with Gasteiger partial charge in [0.15, 0.2) is 9.84 Å². The number of hydrogen-bond donors (Lipinski definition) is 1. The van der Waals surface area contributed by atoms with E-state index in [4.69, 9.17) is 11.6 Å². The molecule has 0 rings (SSSR count). The van der Waals surface area contributed by atoms with E-state index in [1.54, 1.807) is 13.8 Å². The minimum Gasteiger partial charge on any atom is -0.312 e. The van der Waals surface area contributed by atoms with Gasteiger partial charge < -0.3 is 5.32 Å². The molecule has 1 atom stereocenters. The number of nitrogens with one attached hydrogen (secondary N) is 1. The van der Waals surface area contributed by atoms with Crippen LogP contribution in [-0.2, 0) is 9.84 Å². The Kier molecular flexibility index (Phi) is 5.92. The quantitative estimate of drug-likeness (QED) is 0.690. The Morgan fingerprint density at radius 2 is 1.85 bits per heavy atom. The number of alkyl halides is 1. The van der Waals surface area contributed by atoms with E-state index >= 15 is 0 Å². The Hall–Kier alpha value is 0.200. The maximum Gasteiger partial charge on any atom is 0.153 e. The Labute approximate surface area is 85.8 Å². The minimum absolute atomic E-state index is 0.170. The largest absolute Gasteiger partial charge is 0.312 e. The van der Waals surface area contributed by atoms with Crippen molar-refractivity contribution >= 4 is 21.4 Å². The van der Waals surface area contributed by atoms with Gasteiger partial charge in [0.05, 0.1) is 11.0 Å². The second kappa shape index (κ2) is 5.83. The zero-order valence-corrected chi connectivity index (χ0v) is 9.95. The summed E-state index contributed by atoms with van der Waals surface area (Å²) in [5, 5.41) is 2.74. The van der Waals surface area contributed by atoms with Crippen LogP contribution in [0.4, 0.5) is 0 Å². The van der Waals surface area contributed by atoms with Crippen molar-refractivity contribution in [3.8, 4) is 0 Å². The summed E-state index contributed by atoms with van der Waals surface area (Å²) in [5.74, 6) is 0.688. The van der Waals surface area contributed by atoms with Gasteiger partial charge in [-0.05, 0) is 20.8 Å². The van der Waals surface area contributed by atoms with E-state index in [2.05, 4.69) is 5.32 Å². The van der Waals surface area contributed by atoms with Gasteiger partial charge in [0, 0.05) is 18.5 Å². The van der Waals surface area contributed by atoms with Crippen molar-refractivity contribution in [2.24, 2.45) is 0 Å². The van der Waals surface area contributed by atoms with Crippen molar-refractivity contribution in [1.29, 1.82) is 0 Å². The predicted molar refractivity (Wildman–Crippen MR) is 57.1 cm³/mol. The van der Waals surface area contributed by atoms with E-state index in [1.165, 1.54) is 0 Å². The van der Waals surface area contributed by atoms with Crippen molar-refractivity contribution in [1.82, 2.24) is 5.32 Å². The molecule has 0 aliphatic carbocycles. The first kappa shape index (κ1) is 13.2. The molecule has 0 amide bonds. The van der Waals surface area contributed by atoms with E-state index in [0.29, 0.717) is 12.4 Å². The Bertz CT molecular complexity index is 226. The SMILES string of the molecule is CC(CCl)NCCS(=O)(=O)C(C)C. The standard InChI is InChI=1S/C8H18ClNO2S/c1-7(2)13(11,12)5-4-10-8(3)6-9/h7-8,10H,4-6H2,1-3H3. The summed E-state index contributed by atoms with van der Waals surface area (Å²) in [6.45, 7) is 5.80. The third-order valence-corrected chi connectivity index (χ3v) is 4.50. The molecule has 80 valence electrons. The maximum atomic E-state index is 11.3. The molecule has 1 unspecified atom stereocenters. The molecule has 13 heavy (non-hydrogen) atoms. The zero-order chi connectivity index (χ0) is 10.5. The molecule has 5 heteroatoms. The molecule has 0 saturated carbocycles. The molecule has 0 radical (unpaired) electrons. The van der Waals surface area contributed by atoms with Crippen molar-refractivity contribution in [2.45, 2.75) is 32.1 Å². The maximum absolute atomic E-state index is 11.3. The normalized spacial score (nSPS) is 14.8. The fraction of sp³-hybridized carbons (Fsp3) is 1.00. The highest BCUT2D eigenvalue weighted by atomic mass is 35.5. The molecule has 0 aliphatic heterocycles. The zero-order valence-electron chi connectivity index (χ0n) is 8.38. The number of halogens is 1. The summed E-state index contributed by atoms with van der Waals surface area (Å²) in [6.07, 6.45) is 0. The van der Waals surface area contributed by atoms with E-state index in [-0.39, 0.29) is 17.0 Å². The monoisotopic (exact) mass is 227 g/mol. The minimum atomic E-state index is -2.91. The summed E-state index contributed by atoms with van der Waals surface area (Å²) < 4.78 is 22.7. The van der Waals surface area contributed by atoms with Crippen LogP contribution in [-0.4, -0.2) is 37.9 Å². The van der Waals surface area contributed by atoms with Crippen LogP contribution < -0.4 is 5.32 Å². The molecule has 0 aromatic rings. The molecule has 0 aromatic heterocycles. The third kappa shape index (κ3) is 5.49. The molecular formula is C8H18ClNO2S. The van der Waals surface area contributed by atoms with Gasteiger partial charge >= 0.3 is 0 Å². The molecule has 0 fully saturated rings. The second-order valence-electron chi connectivity index (χ2n) is 3.43. The van der Waals surface area contributed by atoms with Gasteiger partial charge in [-0.3, -0.25) is 0 Å². The Morgan fingerprint density at radius 3 is 2.23 bits per heavy atom. The number of rotatable bonds is 6. The molecule has 0 saturated heterocycles. The van der Waals surface area contributed by atoms with E-state index < -0.39 is 9.84 Å². The Balaban J connectivity index is 3.78. The van der Waals surface area contributed by atoms with Gasteiger partial charge in [-0.25, -0.2) is 8.42 Å². The van der Waals surface area contributed by atoms with Gasteiger partial charge in [-0.2, -0.15) is 0 Å². The lowest BCUT2D eigenvalue weighted by molar-refractivity contribution is 0.572. The highest BCUT2D eigenvalue weighted by molar-refractivity contribution is 7.92. The second-order valence-corrected chi connectivity index (χ2v) is 6.41. The molecule has 1 N–H and O–H groups in total. The van der Waals surface area contributed by atoms with Gasteiger partial charge in [0.25, 0.3) is 0 Å². The third-order valence-electron chi connectivity index (χ3n) is 1.83. The van der Waals surface area contributed by atoms with Crippen LogP contribution in [0.1, 0.15) is 20.8 Å². The van der Waals surface area contributed by atoms with Gasteiger partial charge in [0.1, 0.15) is 0 Å². The highest BCUT2D eigenvalue weighted by Crippen LogP contribution is 1.99. The fourth-order valence-electron chi connectivity index (χ4n) is 0.738. The first-order chi connectivity index (χ1) is 5.90. The topological polar surface area (TPSA) is 46.2 Å². The van der Waals surface area contributed by atoms with E-state index in [9.17, 15) is 8.42 Å². The summed E-state index contributed by atoms with van der Waals surface area (Å²) in [7, 11) is -2.91.